The number of fused-ring (bicyclic) bond motifs is 1. The first-order chi connectivity index (χ1) is 12.1. The summed E-state index contributed by atoms with van der Waals surface area (Å²) in [6.45, 7) is 0.270. The number of nitrogens with zero attached hydrogens (tertiary/aromatic N) is 1. The number of hydrogen-bond donors (Lipinski definition) is 0. The number of ketones is 1. The molecule has 6 heteroatoms. The number of Topliss-reactive ketones (excluding diaryl/α,β-unsaturated/α-hetero) is 1. The first kappa shape index (κ1) is 16.8. The van der Waals surface area contributed by atoms with E-state index in [4.69, 9.17) is 14.2 Å². The highest BCUT2D eigenvalue weighted by Gasteiger charge is 2.33. The van der Waals surface area contributed by atoms with Crippen molar-refractivity contribution in [1.82, 2.24) is 0 Å². The Labute approximate surface area is 145 Å². The van der Waals surface area contributed by atoms with Crippen molar-refractivity contribution in [3.05, 3.63) is 47.5 Å². The molecule has 0 fully saturated rings. The summed E-state index contributed by atoms with van der Waals surface area (Å²) < 4.78 is 16.1. The molecular formula is C19H19NO5. The molecule has 2 aromatic rings. The van der Waals surface area contributed by atoms with Crippen LogP contribution < -0.4 is 19.1 Å². The van der Waals surface area contributed by atoms with E-state index in [0.29, 0.717) is 34.1 Å². The quantitative estimate of drug-likeness (QED) is 0.855. The number of methoxy groups -OCH3 is 3. The first-order valence-corrected chi connectivity index (χ1v) is 7.85. The van der Waals surface area contributed by atoms with Crippen molar-refractivity contribution in [3.63, 3.8) is 0 Å². The Morgan fingerprint density at radius 1 is 0.920 bits per heavy atom. The van der Waals surface area contributed by atoms with E-state index in [1.807, 2.05) is 0 Å². The highest BCUT2D eigenvalue weighted by molar-refractivity contribution is 6.16. The van der Waals surface area contributed by atoms with Gasteiger partial charge in [-0.2, -0.15) is 0 Å². The maximum Gasteiger partial charge on any atom is 0.265 e. The van der Waals surface area contributed by atoms with Gasteiger partial charge in [-0.25, -0.2) is 0 Å². The summed E-state index contributed by atoms with van der Waals surface area (Å²) in [5, 5.41) is 0. The van der Waals surface area contributed by atoms with Gasteiger partial charge in [0.15, 0.2) is 5.78 Å². The van der Waals surface area contributed by atoms with Gasteiger partial charge in [-0.3, -0.25) is 9.59 Å². The van der Waals surface area contributed by atoms with Crippen molar-refractivity contribution in [2.45, 2.75) is 6.42 Å². The van der Waals surface area contributed by atoms with Crippen LogP contribution in [-0.4, -0.2) is 39.6 Å². The second-order valence-corrected chi connectivity index (χ2v) is 5.52. The van der Waals surface area contributed by atoms with Gasteiger partial charge in [0.1, 0.15) is 22.8 Å². The Kier molecular flexibility index (Phi) is 4.61. The number of rotatable bonds is 4. The molecule has 0 unspecified atom stereocenters. The molecule has 0 saturated heterocycles. The van der Waals surface area contributed by atoms with E-state index in [0.717, 1.165) is 0 Å². The smallest absolute Gasteiger partial charge is 0.265 e. The van der Waals surface area contributed by atoms with Crippen LogP contribution in [0, 0.1) is 0 Å². The van der Waals surface area contributed by atoms with Crippen LogP contribution in [0.25, 0.3) is 0 Å². The molecule has 3 rings (SSSR count). The van der Waals surface area contributed by atoms with Gasteiger partial charge in [0, 0.05) is 18.5 Å². The molecule has 0 aromatic heterocycles. The minimum atomic E-state index is -0.299. The van der Waals surface area contributed by atoms with Crippen molar-refractivity contribution in [1.29, 1.82) is 0 Å². The van der Waals surface area contributed by atoms with Crippen molar-refractivity contribution in [2.24, 2.45) is 0 Å². The summed E-state index contributed by atoms with van der Waals surface area (Å²) in [6.07, 6.45) is 0.253. The second-order valence-electron chi connectivity index (χ2n) is 5.52. The van der Waals surface area contributed by atoms with Gasteiger partial charge < -0.3 is 19.1 Å². The Balaban J connectivity index is 2.15. The lowest BCUT2D eigenvalue weighted by molar-refractivity contribution is 0.0951. The van der Waals surface area contributed by atoms with Crippen LogP contribution in [0.1, 0.15) is 27.1 Å². The molecule has 130 valence electrons. The summed E-state index contributed by atoms with van der Waals surface area (Å²) in [5.41, 5.74) is 1.28. The lowest BCUT2D eigenvalue weighted by Gasteiger charge is -2.30. The zero-order valence-electron chi connectivity index (χ0n) is 14.4. The van der Waals surface area contributed by atoms with Gasteiger partial charge in [-0.1, -0.05) is 12.1 Å². The van der Waals surface area contributed by atoms with E-state index in [9.17, 15) is 9.59 Å². The number of para-hydroxylation sites is 1. The average molecular weight is 341 g/mol. The van der Waals surface area contributed by atoms with Crippen molar-refractivity contribution in [3.8, 4) is 17.2 Å². The Morgan fingerprint density at radius 3 is 2.08 bits per heavy atom. The van der Waals surface area contributed by atoms with E-state index in [-0.39, 0.29) is 24.7 Å². The molecule has 2 aromatic carbocycles. The number of carbonyl (C=O) groups excluding carboxylic acids is 2. The lowest BCUT2D eigenvalue weighted by atomic mass is 9.98. The number of benzene rings is 2. The molecule has 0 spiro atoms. The lowest BCUT2D eigenvalue weighted by Crippen LogP contribution is -2.38. The predicted octanol–water partition coefficient (Wildman–Crippen LogP) is 2.95. The molecule has 0 atom stereocenters. The van der Waals surface area contributed by atoms with E-state index in [1.165, 1.54) is 21.3 Å². The Morgan fingerprint density at radius 2 is 1.48 bits per heavy atom. The highest BCUT2D eigenvalue weighted by atomic mass is 16.5. The average Bonchev–Trinajstić information content (AvgIpc) is 2.66. The molecule has 1 aliphatic heterocycles. The second kappa shape index (κ2) is 6.84. The van der Waals surface area contributed by atoms with Gasteiger partial charge >= 0.3 is 0 Å². The van der Waals surface area contributed by atoms with Crippen molar-refractivity contribution >= 4 is 17.4 Å². The fourth-order valence-corrected chi connectivity index (χ4v) is 3.05. The summed E-state index contributed by atoms with van der Waals surface area (Å²) >= 11 is 0. The van der Waals surface area contributed by atoms with Crippen LogP contribution in [0.3, 0.4) is 0 Å². The third kappa shape index (κ3) is 2.80. The number of carbonyl (C=O) groups is 2. The third-order valence-corrected chi connectivity index (χ3v) is 4.24. The van der Waals surface area contributed by atoms with Crippen LogP contribution in [-0.2, 0) is 0 Å². The molecular weight excluding hydrogens is 322 g/mol. The standard InChI is InChI=1S/C19H19NO5/c1-23-14-7-5-8-15(24-2)17(14)19(22)20-11-10-13(21)12-6-4-9-16(25-3)18(12)20/h4-9H,10-11H2,1-3H3. The number of hydrogen-bond acceptors (Lipinski definition) is 5. The molecule has 1 heterocycles. The molecule has 1 amide bonds. The predicted molar refractivity (Wildman–Crippen MR) is 93.2 cm³/mol. The monoisotopic (exact) mass is 341 g/mol. The molecule has 6 nitrogen and oxygen atoms in total. The Bertz CT molecular complexity index is 808. The third-order valence-electron chi connectivity index (χ3n) is 4.24. The van der Waals surface area contributed by atoms with Gasteiger partial charge in [0.2, 0.25) is 0 Å². The van der Waals surface area contributed by atoms with Gasteiger partial charge in [-0.05, 0) is 24.3 Å². The van der Waals surface area contributed by atoms with Crippen molar-refractivity contribution < 1.29 is 23.8 Å². The van der Waals surface area contributed by atoms with Crippen LogP contribution >= 0.6 is 0 Å². The molecule has 0 bridgehead atoms. The number of ether oxygens (including phenoxy) is 3. The minimum Gasteiger partial charge on any atom is -0.496 e. The normalized spacial score (nSPS) is 13.2. The fourth-order valence-electron chi connectivity index (χ4n) is 3.05. The topological polar surface area (TPSA) is 65.1 Å². The molecule has 25 heavy (non-hydrogen) atoms. The molecule has 0 N–H and O–H groups in total. The summed E-state index contributed by atoms with van der Waals surface area (Å²) in [6, 6.07) is 10.3. The Hall–Kier alpha value is -3.02. The molecule has 0 aliphatic carbocycles. The summed E-state index contributed by atoms with van der Waals surface area (Å²) in [5.74, 6) is 1.00. The number of amides is 1. The van der Waals surface area contributed by atoms with Crippen molar-refractivity contribution in [2.75, 3.05) is 32.8 Å². The van der Waals surface area contributed by atoms with E-state index in [2.05, 4.69) is 0 Å². The van der Waals surface area contributed by atoms with E-state index in [1.54, 1.807) is 41.3 Å². The molecule has 1 aliphatic rings. The van der Waals surface area contributed by atoms with E-state index < -0.39 is 0 Å². The molecule has 0 radical (unpaired) electrons. The zero-order chi connectivity index (χ0) is 18.0. The van der Waals surface area contributed by atoms with Crippen LogP contribution in [0.15, 0.2) is 36.4 Å². The van der Waals surface area contributed by atoms with Crippen LogP contribution in [0.5, 0.6) is 17.2 Å². The zero-order valence-corrected chi connectivity index (χ0v) is 14.4. The minimum absolute atomic E-state index is 0.00931. The molecule has 0 saturated carbocycles. The van der Waals surface area contributed by atoms with Gasteiger partial charge in [-0.15, -0.1) is 0 Å². The van der Waals surface area contributed by atoms with Crippen LogP contribution in [0.2, 0.25) is 0 Å². The van der Waals surface area contributed by atoms with E-state index >= 15 is 0 Å². The fraction of sp³-hybridized carbons (Fsp3) is 0.263. The summed E-state index contributed by atoms with van der Waals surface area (Å²) in [7, 11) is 4.51. The first-order valence-electron chi connectivity index (χ1n) is 7.85. The maximum atomic E-state index is 13.3. The van der Waals surface area contributed by atoms with Crippen LogP contribution in [0.4, 0.5) is 5.69 Å². The number of anilines is 1. The SMILES string of the molecule is COc1cccc(OC)c1C(=O)N1CCC(=O)c2cccc(OC)c21. The summed E-state index contributed by atoms with van der Waals surface area (Å²) in [4.78, 5) is 27.1. The van der Waals surface area contributed by atoms with Gasteiger partial charge in [0.05, 0.1) is 27.0 Å². The largest absolute Gasteiger partial charge is 0.496 e. The highest BCUT2D eigenvalue weighted by Crippen LogP contribution is 2.39. The maximum absolute atomic E-state index is 13.3. The van der Waals surface area contributed by atoms with Gasteiger partial charge in [0.25, 0.3) is 5.91 Å².